The van der Waals surface area contributed by atoms with Crippen LogP contribution >= 0.6 is 0 Å². The highest BCUT2D eigenvalue weighted by molar-refractivity contribution is 4.82. The minimum absolute atomic E-state index is 0.399. The highest BCUT2D eigenvalue weighted by Crippen LogP contribution is 2.18. The minimum Gasteiger partial charge on any atom is -0.312 e. The van der Waals surface area contributed by atoms with Crippen LogP contribution in [0, 0.1) is 11.3 Å². The molecular formula is C14H30N2. The van der Waals surface area contributed by atoms with Gasteiger partial charge in [-0.3, -0.25) is 0 Å². The Bertz CT molecular complexity index is 195. The molecule has 1 rings (SSSR count). The Balaban J connectivity index is 2.35. The van der Waals surface area contributed by atoms with Crippen molar-refractivity contribution in [2.24, 2.45) is 11.3 Å². The van der Waals surface area contributed by atoms with Crippen LogP contribution in [0.1, 0.15) is 47.5 Å². The van der Waals surface area contributed by atoms with Gasteiger partial charge >= 0.3 is 0 Å². The Morgan fingerprint density at radius 3 is 2.50 bits per heavy atom. The molecule has 1 N–H and O–H groups in total. The first-order chi connectivity index (χ1) is 7.40. The van der Waals surface area contributed by atoms with Crippen LogP contribution in [0.4, 0.5) is 0 Å². The van der Waals surface area contributed by atoms with Crippen molar-refractivity contribution in [1.82, 2.24) is 10.2 Å². The van der Waals surface area contributed by atoms with E-state index >= 15 is 0 Å². The van der Waals surface area contributed by atoms with E-state index in [0.29, 0.717) is 11.5 Å². The van der Waals surface area contributed by atoms with Gasteiger partial charge in [0.05, 0.1) is 0 Å². The maximum Gasteiger partial charge on any atom is 0.0198 e. The lowest BCUT2D eigenvalue weighted by atomic mass is 9.93. The van der Waals surface area contributed by atoms with Gasteiger partial charge in [0, 0.05) is 25.7 Å². The average molecular weight is 226 g/mol. The topological polar surface area (TPSA) is 15.3 Å². The summed E-state index contributed by atoms with van der Waals surface area (Å²) in [6.45, 7) is 16.5. The molecule has 0 amide bonds. The Morgan fingerprint density at radius 1 is 1.25 bits per heavy atom. The Morgan fingerprint density at radius 2 is 1.94 bits per heavy atom. The molecule has 0 aromatic rings. The van der Waals surface area contributed by atoms with E-state index < -0.39 is 0 Å². The van der Waals surface area contributed by atoms with Crippen molar-refractivity contribution in [2.45, 2.75) is 53.5 Å². The van der Waals surface area contributed by atoms with E-state index in [0.717, 1.165) is 12.5 Å². The van der Waals surface area contributed by atoms with Crippen LogP contribution in [0.15, 0.2) is 0 Å². The van der Waals surface area contributed by atoms with Crippen LogP contribution < -0.4 is 5.32 Å². The van der Waals surface area contributed by atoms with Crippen LogP contribution in [0.25, 0.3) is 0 Å². The Kier molecular flexibility index (Phi) is 5.26. The first-order valence-corrected chi connectivity index (χ1v) is 6.86. The van der Waals surface area contributed by atoms with Crippen molar-refractivity contribution in [3.63, 3.8) is 0 Å². The Labute approximate surface area is 102 Å². The van der Waals surface area contributed by atoms with Gasteiger partial charge in [-0.25, -0.2) is 0 Å². The molecule has 0 spiro atoms. The standard InChI is InChI=1S/C14H30N2/c1-6-7-16-9-12(2)8-13(10-16)15-11-14(3,4)5/h12-13,15H,6-11H2,1-5H3. The van der Waals surface area contributed by atoms with E-state index in [2.05, 4.69) is 44.8 Å². The summed E-state index contributed by atoms with van der Waals surface area (Å²) in [4.78, 5) is 2.62. The van der Waals surface area contributed by atoms with Gasteiger partial charge in [0.2, 0.25) is 0 Å². The molecule has 1 heterocycles. The minimum atomic E-state index is 0.399. The summed E-state index contributed by atoms with van der Waals surface area (Å²) in [5.74, 6) is 0.845. The van der Waals surface area contributed by atoms with E-state index in [9.17, 15) is 0 Å². The van der Waals surface area contributed by atoms with Crippen molar-refractivity contribution in [3.8, 4) is 0 Å². The largest absolute Gasteiger partial charge is 0.312 e. The van der Waals surface area contributed by atoms with Crippen molar-refractivity contribution in [1.29, 1.82) is 0 Å². The smallest absolute Gasteiger partial charge is 0.0198 e. The number of hydrogen-bond acceptors (Lipinski definition) is 2. The average Bonchev–Trinajstić information content (AvgIpc) is 2.13. The summed E-state index contributed by atoms with van der Waals surface area (Å²) >= 11 is 0. The van der Waals surface area contributed by atoms with Crippen molar-refractivity contribution in [3.05, 3.63) is 0 Å². The molecule has 1 saturated heterocycles. The summed E-state index contributed by atoms with van der Waals surface area (Å²) in [5, 5.41) is 3.74. The number of piperidine rings is 1. The molecule has 0 bridgehead atoms. The molecule has 1 aliphatic heterocycles. The Hall–Kier alpha value is -0.0800. The van der Waals surface area contributed by atoms with Crippen LogP contribution in [0.3, 0.4) is 0 Å². The van der Waals surface area contributed by atoms with E-state index in [1.54, 1.807) is 0 Å². The van der Waals surface area contributed by atoms with Gasteiger partial charge in [0.25, 0.3) is 0 Å². The fourth-order valence-electron chi connectivity index (χ4n) is 2.56. The van der Waals surface area contributed by atoms with Crippen LogP contribution in [-0.4, -0.2) is 37.1 Å². The molecule has 96 valence electrons. The second-order valence-corrected chi connectivity index (χ2v) is 6.74. The van der Waals surface area contributed by atoms with Gasteiger partial charge in [0.1, 0.15) is 0 Å². The van der Waals surface area contributed by atoms with E-state index in [4.69, 9.17) is 0 Å². The molecule has 0 aliphatic carbocycles. The van der Waals surface area contributed by atoms with Gasteiger partial charge in [-0.1, -0.05) is 34.6 Å². The molecule has 2 nitrogen and oxygen atoms in total. The maximum atomic E-state index is 3.74. The van der Waals surface area contributed by atoms with Gasteiger partial charge in [0.15, 0.2) is 0 Å². The molecule has 2 atom stereocenters. The summed E-state index contributed by atoms with van der Waals surface area (Å²) < 4.78 is 0. The molecule has 2 heteroatoms. The summed E-state index contributed by atoms with van der Waals surface area (Å²) in [6.07, 6.45) is 2.62. The molecule has 0 aromatic heterocycles. The first-order valence-electron chi connectivity index (χ1n) is 6.86. The third-order valence-electron chi connectivity index (χ3n) is 3.20. The zero-order chi connectivity index (χ0) is 12.2. The second kappa shape index (κ2) is 6.02. The number of nitrogens with one attached hydrogen (secondary N) is 1. The number of rotatable bonds is 4. The lowest BCUT2D eigenvalue weighted by Gasteiger charge is -2.38. The SMILES string of the molecule is CCCN1CC(C)CC(NCC(C)(C)C)C1. The van der Waals surface area contributed by atoms with E-state index in [1.807, 2.05) is 0 Å². The molecule has 1 aliphatic rings. The lowest BCUT2D eigenvalue weighted by Crippen LogP contribution is -2.50. The number of hydrogen-bond donors (Lipinski definition) is 1. The van der Waals surface area contributed by atoms with Gasteiger partial charge < -0.3 is 10.2 Å². The highest BCUT2D eigenvalue weighted by atomic mass is 15.2. The molecule has 0 saturated carbocycles. The summed E-state index contributed by atoms with van der Waals surface area (Å²) in [7, 11) is 0. The summed E-state index contributed by atoms with van der Waals surface area (Å²) in [6, 6.07) is 0.703. The molecule has 2 unspecified atom stereocenters. The third-order valence-corrected chi connectivity index (χ3v) is 3.20. The number of nitrogens with zero attached hydrogens (tertiary/aromatic N) is 1. The van der Waals surface area contributed by atoms with Crippen molar-refractivity contribution < 1.29 is 0 Å². The van der Waals surface area contributed by atoms with Crippen LogP contribution in [-0.2, 0) is 0 Å². The van der Waals surface area contributed by atoms with E-state index in [-0.39, 0.29) is 0 Å². The molecule has 16 heavy (non-hydrogen) atoms. The van der Waals surface area contributed by atoms with E-state index in [1.165, 1.54) is 32.5 Å². The molecular weight excluding hydrogens is 196 g/mol. The predicted molar refractivity (Wildman–Crippen MR) is 71.8 cm³/mol. The van der Waals surface area contributed by atoms with Crippen molar-refractivity contribution in [2.75, 3.05) is 26.2 Å². The van der Waals surface area contributed by atoms with Crippen molar-refractivity contribution >= 4 is 0 Å². The fourth-order valence-corrected chi connectivity index (χ4v) is 2.56. The maximum absolute atomic E-state index is 3.74. The molecule has 0 aromatic carbocycles. The lowest BCUT2D eigenvalue weighted by molar-refractivity contribution is 0.143. The fraction of sp³-hybridized carbons (Fsp3) is 1.00. The zero-order valence-electron chi connectivity index (χ0n) is 11.8. The molecule has 1 fully saturated rings. The third kappa shape index (κ3) is 5.31. The normalized spacial score (nSPS) is 28.3. The van der Waals surface area contributed by atoms with Gasteiger partial charge in [-0.15, -0.1) is 0 Å². The highest BCUT2D eigenvalue weighted by Gasteiger charge is 2.24. The number of likely N-dealkylation sites (tertiary alicyclic amines) is 1. The van der Waals surface area contributed by atoms with Crippen LogP contribution in [0.5, 0.6) is 0 Å². The van der Waals surface area contributed by atoms with Crippen LogP contribution in [0.2, 0.25) is 0 Å². The second-order valence-electron chi connectivity index (χ2n) is 6.74. The monoisotopic (exact) mass is 226 g/mol. The first kappa shape index (κ1) is 14.0. The van der Waals surface area contributed by atoms with Gasteiger partial charge in [-0.05, 0) is 30.7 Å². The van der Waals surface area contributed by atoms with Gasteiger partial charge in [-0.2, -0.15) is 0 Å². The zero-order valence-corrected chi connectivity index (χ0v) is 11.8. The predicted octanol–water partition coefficient (Wildman–Crippen LogP) is 2.74. The summed E-state index contributed by atoms with van der Waals surface area (Å²) in [5.41, 5.74) is 0.399. The molecule has 0 radical (unpaired) electrons. The quantitative estimate of drug-likeness (QED) is 0.793.